The topological polar surface area (TPSA) is 101 Å². The van der Waals surface area contributed by atoms with Gasteiger partial charge in [-0.2, -0.15) is 9.49 Å². The minimum Gasteiger partial charge on any atom is -0.348 e. The van der Waals surface area contributed by atoms with Gasteiger partial charge in [-0.15, -0.1) is 0 Å². The number of H-pyrrole nitrogens is 1. The van der Waals surface area contributed by atoms with Crippen LogP contribution in [0.2, 0.25) is 0 Å². The van der Waals surface area contributed by atoms with Crippen molar-refractivity contribution in [1.29, 1.82) is 0 Å². The van der Waals surface area contributed by atoms with Crippen molar-refractivity contribution in [3.05, 3.63) is 57.1 Å². The lowest BCUT2D eigenvalue weighted by atomic mass is 10.1. The number of hydrogen-bond donors (Lipinski definition) is 2. The maximum absolute atomic E-state index is 13.2. The number of aromatic amines is 1. The smallest absolute Gasteiger partial charge is 0.305 e. The van der Waals surface area contributed by atoms with Crippen molar-refractivity contribution >= 4 is 11.6 Å². The van der Waals surface area contributed by atoms with Gasteiger partial charge in [0, 0.05) is 29.4 Å². The van der Waals surface area contributed by atoms with E-state index in [1.165, 1.54) is 6.07 Å². The summed E-state index contributed by atoms with van der Waals surface area (Å²) in [7, 11) is 0. The fourth-order valence-corrected chi connectivity index (χ4v) is 1.63. The van der Waals surface area contributed by atoms with Crippen LogP contribution in [0.1, 0.15) is 21.6 Å². The molecule has 8 heteroatoms. The van der Waals surface area contributed by atoms with E-state index < -0.39 is 22.3 Å². The van der Waals surface area contributed by atoms with Gasteiger partial charge in [0.2, 0.25) is 5.82 Å². The van der Waals surface area contributed by atoms with Crippen LogP contribution in [0.15, 0.2) is 24.4 Å². The third-order valence-electron chi connectivity index (χ3n) is 2.78. The Hall–Kier alpha value is -2.77. The Labute approximate surface area is 113 Å². The van der Waals surface area contributed by atoms with Crippen molar-refractivity contribution in [3.8, 4) is 0 Å². The minimum absolute atomic E-state index is 0.0271. The number of carbonyl (C=O) groups excluding carboxylic acids is 1. The maximum atomic E-state index is 13.2. The standard InChI is InChI=1S/C12H11FN4O3/c1-7-9(6-15-16-7)5-14-12(18)8-2-3-10(13)11(4-8)17(19)20/h2-4,6H,5H2,1H3,(H,14,18)(H,15,16). The summed E-state index contributed by atoms with van der Waals surface area (Å²) in [5.41, 5.74) is 0.918. The van der Waals surface area contributed by atoms with E-state index in [1.54, 1.807) is 13.1 Å². The highest BCUT2D eigenvalue weighted by atomic mass is 19.1. The Morgan fingerprint density at radius 2 is 2.30 bits per heavy atom. The summed E-state index contributed by atoms with van der Waals surface area (Å²) in [5, 5.41) is 19.7. The zero-order valence-electron chi connectivity index (χ0n) is 10.5. The summed E-state index contributed by atoms with van der Waals surface area (Å²) in [6.07, 6.45) is 1.57. The van der Waals surface area contributed by atoms with E-state index in [9.17, 15) is 19.3 Å². The second kappa shape index (κ2) is 5.47. The summed E-state index contributed by atoms with van der Waals surface area (Å²) in [6, 6.07) is 3.00. The number of halogens is 1. The van der Waals surface area contributed by atoms with Gasteiger partial charge in [-0.25, -0.2) is 0 Å². The monoisotopic (exact) mass is 278 g/mol. The third kappa shape index (κ3) is 2.79. The number of aromatic nitrogens is 2. The number of aryl methyl sites for hydroxylation is 1. The average Bonchev–Trinajstić information content (AvgIpc) is 2.81. The summed E-state index contributed by atoms with van der Waals surface area (Å²) in [6.45, 7) is 2.03. The lowest BCUT2D eigenvalue weighted by Gasteiger charge is -2.04. The number of carbonyl (C=O) groups is 1. The van der Waals surface area contributed by atoms with Gasteiger partial charge >= 0.3 is 5.69 Å². The van der Waals surface area contributed by atoms with Crippen LogP contribution in [0, 0.1) is 22.9 Å². The number of nitrogens with zero attached hydrogens (tertiary/aromatic N) is 2. The number of nitro benzene ring substituents is 1. The summed E-state index contributed by atoms with van der Waals surface area (Å²) in [4.78, 5) is 21.6. The maximum Gasteiger partial charge on any atom is 0.305 e. The van der Waals surface area contributed by atoms with E-state index in [0.717, 1.165) is 23.4 Å². The number of rotatable bonds is 4. The fraction of sp³-hybridized carbons (Fsp3) is 0.167. The molecule has 104 valence electrons. The van der Waals surface area contributed by atoms with Crippen LogP contribution in [-0.4, -0.2) is 21.0 Å². The molecule has 2 aromatic rings. The molecule has 0 fully saturated rings. The molecule has 0 saturated carbocycles. The van der Waals surface area contributed by atoms with Crippen molar-refractivity contribution in [2.45, 2.75) is 13.5 Å². The van der Waals surface area contributed by atoms with E-state index in [1.807, 2.05) is 0 Å². The molecule has 0 aliphatic rings. The van der Waals surface area contributed by atoms with Crippen molar-refractivity contribution in [2.24, 2.45) is 0 Å². The lowest BCUT2D eigenvalue weighted by Crippen LogP contribution is -2.23. The van der Waals surface area contributed by atoms with Crippen LogP contribution in [0.3, 0.4) is 0 Å². The third-order valence-corrected chi connectivity index (χ3v) is 2.78. The van der Waals surface area contributed by atoms with Crippen LogP contribution in [0.4, 0.5) is 10.1 Å². The molecule has 0 unspecified atom stereocenters. The lowest BCUT2D eigenvalue weighted by molar-refractivity contribution is -0.387. The number of nitro groups is 1. The molecule has 0 spiro atoms. The van der Waals surface area contributed by atoms with E-state index in [-0.39, 0.29) is 12.1 Å². The zero-order chi connectivity index (χ0) is 14.7. The highest BCUT2D eigenvalue weighted by Crippen LogP contribution is 2.18. The Kier molecular flexibility index (Phi) is 3.74. The molecule has 1 aromatic heterocycles. The summed E-state index contributed by atoms with van der Waals surface area (Å²) >= 11 is 0. The first-order chi connectivity index (χ1) is 9.49. The Bertz CT molecular complexity index is 668. The molecule has 7 nitrogen and oxygen atoms in total. The predicted octanol–water partition coefficient (Wildman–Crippen LogP) is 1.70. The quantitative estimate of drug-likeness (QED) is 0.656. The van der Waals surface area contributed by atoms with E-state index in [0.29, 0.717) is 0 Å². The van der Waals surface area contributed by atoms with Gasteiger partial charge in [-0.3, -0.25) is 20.0 Å². The first-order valence-electron chi connectivity index (χ1n) is 5.70. The number of nitrogens with one attached hydrogen (secondary N) is 2. The van der Waals surface area contributed by atoms with Gasteiger partial charge in [0.15, 0.2) is 0 Å². The molecule has 20 heavy (non-hydrogen) atoms. The SMILES string of the molecule is Cc1[nH]ncc1CNC(=O)c1ccc(F)c([N+](=O)[O-])c1. The normalized spacial score (nSPS) is 10.3. The molecular weight excluding hydrogens is 267 g/mol. The van der Waals surface area contributed by atoms with E-state index in [4.69, 9.17) is 0 Å². The summed E-state index contributed by atoms with van der Waals surface area (Å²) in [5.74, 6) is -1.49. The molecule has 0 aliphatic carbocycles. The van der Waals surface area contributed by atoms with Gasteiger partial charge in [0.05, 0.1) is 11.1 Å². The molecule has 2 N–H and O–H groups in total. The van der Waals surface area contributed by atoms with Crippen LogP contribution >= 0.6 is 0 Å². The second-order valence-electron chi connectivity index (χ2n) is 4.13. The number of amides is 1. The molecule has 0 radical (unpaired) electrons. The van der Waals surface area contributed by atoms with Gasteiger partial charge in [0.25, 0.3) is 5.91 Å². The zero-order valence-corrected chi connectivity index (χ0v) is 10.5. The highest BCUT2D eigenvalue weighted by Gasteiger charge is 2.17. The van der Waals surface area contributed by atoms with Gasteiger partial charge in [-0.05, 0) is 19.1 Å². The van der Waals surface area contributed by atoms with Crippen molar-refractivity contribution in [1.82, 2.24) is 15.5 Å². The minimum atomic E-state index is -0.975. The number of hydrogen-bond acceptors (Lipinski definition) is 4. The van der Waals surface area contributed by atoms with Gasteiger partial charge < -0.3 is 5.32 Å². The van der Waals surface area contributed by atoms with Crippen molar-refractivity contribution in [2.75, 3.05) is 0 Å². The predicted molar refractivity (Wildman–Crippen MR) is 67.5 cm³/mol. The second-order valence-corrected chi connectivity index (χ2v) is 4.13. The molecule has 0 saturated heterocycles. The molecule has 0 atom stereocenters. The Morgan fingerprint density at radius 3 is 2.90 bits per heavy atom. The molecule has 1 aromatic carbocycles. The van der Waals surface area contributed by atoms with Crippen LogP contribution in [0.5, 0.6) is 0 Å². The Morgan fingerprint density at radius 1 is 1.55 bits per heavy atom. The summed E-state index contributed by atoms with van der Waals surface area (Å²) < 4.78 is 13.2. The van der Waals surface area contributed by atoms with Crippen LogP contribution in [0.25, 0.3) is 0 Å². The van der Waals surface area contributed by atoms with Gasteiger partial charge in [-0.1, -0.05) is 0 Å². The van der Waals surface area contributed by atoms with Crippen LogP contribution in [-0.2, 0) is 6.54 Å². The molecule has 1 heterocycles. The molecule has 1 amide bonds. The fourth-order valence-electron chi connectivity index (χ4n) is 1.63. The Balaban J connectivity index is 2.12. The van der Waals surface area contributed by atoms with Crippen molar-refractivity contribution in [3.63, 3.8) is 0 Å². The van der Waals surface area contributed by atoms with E-state index in [2.05, 4.69) is 15.5 Å². The highest BCUT2D eigenvalue weighted by molar-refractivity contribution is 5.94. The molecule has 0 aliphatic heterocycles. The largest absolute Gasteiger partial charge is 0.348 e. The first-order valence-corrected chi connectivity index (χ1v) is 5.70. The van der Waals surface area contributed by atoms with Gasteiger partial charge in [0.1, 0.15) is 0 Å². The molecule has 2 rings (SSSR count). The van der Waals surface area contributed by atoms with Crippen LogP contribution < -0.4 is 5.32 Å². The van der Waals surface area contributed by atoms with E-state index >= 15 is 0 Å². The molecular formula is C12H11FN4O3. The first kappa shape index (κ1) is 13.7. The van der Waals surface area contributed by atoms with Crippen molar-refractivity contribution < 1.29 is 14.1 Å². The average molecular weight is 278 g/mol. The molecule has 0 bridgehead atoms. The number of benzene rings is 1.